The topological polar surface area (TPSA) is 71.5 Å². The zero-order chi connectivity index (χ0) is 11.7. The number of H-pyrrole nitrogens is 1. The molecule has 0 amide bonds. The van der Waals surface area contributed by atoms with Crippen LogP contribution in [-0.4, -0.2) is 19.9 Å². The number of hydrogen-bond acceptors (Lipinski definition) is 4. The minimum absolute atomic E-state index is 0.193. The summed E-state index contributed by atoms with van der Waals surface area (Å²) < 4.78 is 0. The second-order valence-corrected chi connectivity index (χ2v) is 3.53. The monoisotopic (exact) mass is 224 g/mol. The molecule has 3 aromatic heterocycles. The SMILES string of the molecule is O=c1[nH]c(-c2cccnc2)nc2ncccc12. The number of fused-ring (bicyclic) bond motifs is 1. The highest BCUT2D eigenvalue weighted by Gasteiger charge is 2.05. The molecule has 0 aliphatic heterocycles. The minimum atomic E-state index is -0.193. The molecule has 0 saturated heterocycles. The van der Waals surface area contributed by atoms with Gasteiger partial charge in [0.1, 0.15) is 5.82 Å². The van der Waals surface area contributed by atoms with E-state index >= 15 is 0 Å². The first-order chi connectivity index (χ1) is 8.34. The lowest BCUT2D eigenvalue weighted by molar-refractivity contribution is 1.14. The van der Waals surface area contributed by atoms with Crippen LogP contribution in [-0.2, 0) is 0 Å². The molecule has 0 spiro atoms. The Bertz CT molecular complexity index is 721. The van der Waals surface area contributed by atoms with Crippen LogP contribution in [0.4, 0.5) is 0 Å². The highest BCUT2D eigenvalue weighted by molar-refractivity contribution is 5.75. The molecule has 3 rings (SSSR count). The molecule has 17 heavy (non-hydrogen) atoms. The zero-order valence-electron chi connectivity index (χ0n) is 8.79. The molecule has 0 fully saturated rings. The maximum Gasteiger partial charge on any atom is 0.260 e. The van der Waals surface area contributed by atoms with E-state index in [1.165, 1.54) is 0 Å². The number of rotatable bonds is 1. The molecule has 0 radical (unpaired) electrons. The Labute approximate surface area is 96.2 Å². The van der Waals surface area contributed by atoms with Crippen molar-refractivity contribution in [2.24, 2.45) is 0 Å². The highest BCUT2D eigenvalue weighted by atomic mass is 16.1. The Kier molecular flexibility index (Phi) is 2.15. The first-order valence-electron chi connectivity index (χ1n) is 5.10. The van der Waals surface area contributed by atoms with Crippen LogP contribution in [0.1, 0.15) is 0 Å². The predicted molar refractivity (Wildman–Crippen MR) is 63.4 cm³/mol. The van der Waals surface area contributed by atoms with Crippen molar-refractivity contribution in [2.75, 3.05) is 0 Å². The van der Waals surface area contributed by atoms with Crippen molar-refractivity contribution in [1.82, 2.24) is 19.9 Å². The lowest BCUT2D eigenvalue weighted by Crippen LogP contribution is -2.10. The Morgan fingerprint density at radius 1 is 1.12 bits per heavy atom. The van der Waals surface area contributed by atoms with Gasteiger partial charge in [0, 0.05) is 24.2 Å². The first kappa shape index (κ1) is 9.65. The summed E-state index contributed by atoms with van der Waals surface area (Å²) in [6.07, 6.45) is 4.93. The van der Waals surface area contributed by atoms with Gasteiger partial charge in [0.05, 0.1) is 5.39 Å². The summed E-state index contributed by atoms with van der Waals surface area (Å²) in [5.74, 6) is 0.481. The molecule has 0 bridgehead atoms. The zero-order valence-corrected chi connectivity index (χ0v) is 8.79. The van der Waals surface area contributed by atoms with Crippen molar-refractivity contribution < 1.29 is 0 Å². The molecule has 1 N–H and O–H groups in total. The lowest BCUT2D eigenvalue weighted by Gasteiger charge is -2.01. The molecule has 3 heterocycles. The predicted octanol–water partition coefficient (Wildman–Crippen LogP) is 1.38. The van der Waals surface area contributed by atoms with E-state index in [2.05, 4.69) is 19.9 Å². The molecule has 3 aromatic rings. The van der Waals surface area contributed by atoms with Crippen molar-refractivity contribution in [2.45, 2.75) is 0 Å². The summed E-state index contributed by atoms with van der Waals surface area (Å²) in [5, 5.41) is 0.486. The third-order valence-electron chi connectivity index (χ3n) is 2.42. The Morgan fingerprint density at radius 2 is 2.00 bits per heavy atom. The van der Waals surface area contributed by atoms with Crippen molar-refractivity contribution in [1.29, 1.82) is 0 Å². The maximum absolute atomic E-state index is 11.8. The summed E-state index contributed by atoms with van der Waals surface area (Å²) >= 11 is 0. The third kappa shape index (κ3) is 1.67. The van der Waals surface area contributed by atoms with Gasteiger partial charge >= 0.3 is 0 Å². The van der Waals surface area contributed by atoms with E-state index in [0.29, 0.717) is 16.9 Å². The fourth-order valence-corrected chi connectivity index (χ4v) is 1.61. The fourth-order valence-electron chi connectivity index (χ4n) is 1.61. The molecule has 5 heteroatoms. The molecule has 0 saturated carbocycles. The van der Waals surface area contributed by atoms with Gasteiger partial charge in [-0.25, -0.2) is 9.97 Å². The van der Waals surface area contributed by atoms with Gasteiger partial charge in [-0.1, -0.05) is 0 Å². The maximum atomic E-state index is 11.8. The van der Waals surface area contributed by atoms with E-state index in [9.17, 15) is 4.79 Å². The number of aromatic nitrogens is 4. The van der Waals surface area contributed by atoms with Gasteiger partial charge < -0.3 is 4.98 Å². The van der Waals surface area contributed by atoms with Crippen LogP contribution in [0.25, 0.3) is 22.4 Å². The van der Waals surface area contributed by atoms with Gasteiger partial charge in [-0.05, 0) is 24.3 Å². The van der Waals surface area contributed by atoms with E-state index in [1.807, 2.05) is 6.07 Å². The number of nitrogens with zero attached hydrogens (tertiary/aromatic N) is 3. The molecule has 0 unspecified atom stereocenters. The van der Waals surface area contributed by atoms with Gasteiger partial charge in [-0.2, -0.15) is 0 Å². The molecule has 82 valence electrons. The third-order valence-corrected chi connectivity index (χ3v) is 2.42. The van der Waals surface area contributed by atoms with E-state index in [4.69, 9.17) is 0 Å². The first-order valence-corrected chi connectivity index (χ1v) is 5.10. The van der Waals surface area contributed by atoms with Gasteiger partial charge in [0.25, 0.3) is 5.56 Å². The van der Waals surface area contributed by atoms with Crippen molar-refractivity contribution in [3.05, 3.63) is 53.2 Å². The summed E-state index contributed by atoms with van der Waals surface area (Å²) in [6, 6.07) is 7.03. The number of hydrogen-bond donors (Lipinski definition) is 1. The quantitative estimate of drug-likeness (QED) is 0.677. The van der Waals surface area contributed by atoms with Crippen LogP contribution in [0.2, 0.25) is 0 Å². The largest absolute Gasteiger partial charge is 0.306 e. The van der Waals surface area contributed by atoms with Crippen LogP contribution in [0.15, 0.2) is 47.7 Å². The van der Waals surface area contributed by atoms with Crippen LogP contribution in [0.5, 0.6) is 0 Å². The number of nitrogens with one attached hydrogen (secondary N) is 1. The van der Waals surface area contributed by atoms with Crippen molar-refractivity contribution in [3.8, 4) is 11.4 Å². The standard InChI is InChI=1S/C12H8N4O/c17-12-9-4-2-6-14-11(9)15-10(16-12)8-3-1-5-13-7-8/h1-7H,(H,14,15,16,17). The van der Waals surface area contributed by atoms with Gasteiger partial charge in [0.2, 0.25) is 0 Å². The smallest absolute Gasteiger partial charge is 0.260 e. The summed E-state index contributed by atoms with van der Waals surface area (Å²) in [6.45, 7) is 0. The van der Waals surface area contributed by atoms with Crippen molar-refractivity contribution >= 4 is 11.0 Å². The summed E-state index contributed by atoms with van der Waals surface area (Å²) in [5.41, 5.74) is 1.01. The molecule has 0 aliphatic rings. The summed E-state index contributed by atoms with van der Waals surface area (Å²) in [4.78, 5) is 26.9. The average Bonchev–Trinajstić information content (AvgIpc) is 2.40. The molecular formula is C12H8N4O. The van der Waals surface area contributed by atoms with Gasteiger partial charge in [0.15, 0.2) is 5.65 Å². The molecular weight excluding hydrogens is 216 g/mol. The van der Waals surface area contributed by atoms with Gasteiger partial charge in [-0.15, -0.1) is 0 Å². The molecule has 0 aliphatic carbocycles. The van der Waals surface area contributed by atoms with E-state index in [0.717, 1.165) is 5.56 Å². The number of pyridine rings is 2. The van der Waals surface area contributed by atoms with Crippen LogP contribution in [0, 0.1) is 0 Å². The molecule has 0 aromatic carbocycles. The Balaban J connectivity index is 2.30. The van der Waals surface area contributed by atoms with Crippen LogP contribution in [0.3, 0.4) is 0 Å². The number of aromatic amines is 1. The second-order valence-electron chi connectivity index (χ2n) is 3.53. The van der Waals surface area contributed by atoms with Crippen LogP contribution < -0.4 is 5.56 Å². The fraction of sp³-hybridized carbons (Fsp3) is 0. The summed E-state index contributed by atoms with van der Waals surface area (Å²) in [7, 11) is 0. The molecule has 5 nitrogen and oxygen atoms in total. The Morgan fingerprint density at radius 3 is 2.82 bits per heavy atom. The average molecular weight is 224 g/mol. The van der Waals surface area contributed by atoms with Crippen LogP contribution >= 0.6 is 0 Å². The Hall–Kier alpha value is -2.56. The minimum Gasteiger partial charge on any atom is -0.306 e. The van der Waals surface area contributed by atoms with E-state index < -0.39 is 0 Å². The van der Waals surface area contributed by atoms with E-state index in [-0.39, 0.29) is 5.56 Å². The van der Waals surface area contributed by atoms with E-state index in [1.54, 1.807) is 36.8 Å². The second kappa shape index (κ2) is 3.79. The molecule has 0 atom stereocenters. The normalized spacial score (nSPS) is 10.6. The highest BCUT2D eigenvalue weighted by Crippen LogP contribution is 2.12. The van der Waals surface area contributed by atoms with Crippen molar-refractivity contribution in [3.63, 3.8) is 0 Å². The lowest BCUT2D eigenvalue weighted by atomic mass is 10.2. The van der Waals surface area contributed by atoms with Gasteiger partial charge in [-0.3, -0.25) is 9.78 Å².